The smallest absolute Gasteiger partial charge is 0.0493 e. The van der Waals surface area contributed by atoms with Gasteiger partial charge in [-0.15, -0.1) is 0 Å². The van der Waals surface area contributed by atoms with Gasteiger partial charge in [0, 0.05) is 11.7 Å². The lowest BCUT2D eigenvalue weighted by molar-refractivity contribution is 0.891. The molecule has 2 aromatic rings. The Hall–Kier alpha value is -1.28. The van der Waals surface area contributed by atoms with Crippen molar-refractivity contribution in [2.45, 2.75) is 13.0 Å². The first-order chi connectivity index (χ1) is 6.86. The summed E-state index contributed by atoms with van der Waals surface area (Å²) in [6, 6.07) is 12.8. The number of para-hydroxylation sites is 1. The molecule has 2 heteroatoms. The highest BCUT2D eigenvalue weighted by molar-refractivity contribution is 7.07. The Labute approximate surface area is 88.4 Å². The fourth-order valence-electron chi connectivity index (χ4n) is 1.39. The van der Waals surface area contributed by atoms with E-state index in [0.29, 0.717) is 6.04 Å². The maximum Gasteiger partial charge on any atom is 0.0493 e. The number of rotatable bonds is 3. The fraction of sp³-hybridized carbons (Fsp3) is 0.167. The van der Waals surface area contributed by atoms with Gasteiger partial charge in [-0.1, -0.05) is 18.2 Å². The second kappa shape index (κ2) is 4.29. The van der Waals surface area contributed by atoms with E-state index in [1.165, 1.54) is 11.3 Å². The van der Waals surface area contributed by atoms with E-state index in [-0.39, 0.29) is 0 Å². The predicted octanol–water partition coefficient (Wildman–Crippen LogP) is 3.92. The van der Waals surface area contributed by atoms with Crippen molar-refractivity contribution in [3.8, 4) is 0 Å². The Bertz CT molecular complexity index is 366. The van der Waals surface area contributed by atoms with Crippen LogP contribution in [0.25, 0.3) is 0 Å². The van der Waals surface area contributed by atoms with Crippen LogP contribution in [-0.4, -0.2) is 0 Å². The topological polar surface area (TPSA) is 12.0 Å². The molecule has 14 heavy (non-hydrogen) atoms. The van der Waals surface area contributed by atoms with Crippen molar-refractivity contribution < 1.29 is 0 Å². The highest BCUT2D eigenvalue weighted by Gasteiger charge is 2.04. The normalized spacial score (nSPS) is 12.4. The fourth-order valence-corrected chi connectivity index (χ4v) is 2.14. The minimum absolute atomic E-state index is 0.378. The first-order valence-corrected chi connectivity index (χ1v) is 5.64. The van der Waals surface area contributed by atoms with Gasteiger partial charge in [-0.25, -0.2) is 0 Å². The molecule has 1 aromatic carbocycles. The van der Waals surface area contributed by atoms with E-state index in [2.05, 4.69) is 41.2 Å². The van der Waals surface area contributed by atoms with Gasteiger partial charge in [0.05, 0.1) is 0 Å². The average molecular weight is 203 g/mol. The summed E-state index contributed by atoms with van der Waals surface area (Å²) in [6.45, 7) is 2.18. The van der Waals surface area contributed by atoms with Gasteiger partial charge in [0.25, 0.3) is 0 Å². The first kappa shape index (κ1) is 9.28. The van der Waals surface area contributed by atoms with Gasteiger partial charge in [-0.2, -0.15) is 11.3 Å². The highest BCUT2D eigenvalue weighted by Crippen LogP contribution is 2.20. The highest BCUT2D eigenvalue weighted by atomic mass is 32.1. The molecule has 0 saturated heterocycles. The van der Waals surface area contributed by atoms with Crippen molar-refractivity contribution in [1.82, 2.24) is 0 Å². The van der Waals surface area contributed by atoms with Crippen molar-refractivity contribution in [2.75, 3.05) is 5.32 Å². The Kier molecular flexibility index (Phi) is 2.84. The molecule has 1 unspecified atom stereocenters. The molecule has 0 fully saturated rings. The third-order valence-electron chi connectivity index (χ3n) is 2.20. The molecule has 1 aromatic heterocycles. The van der Waals surface area contributed by atoms with E-state index in [0.717, 1.165) is 0 Å². The van der Waals surface area contributed by atoms with Crippen LogP contribution in [0, 0.1) is 0 Å². The van der Waals surface area contributed by atoms with Crippen molar-refractivity contribution in [3.63, 3.8) is 0 Å². The standard InChI is InChI=1S/C12H13NS/c1-10(11-7-8-14-9-11)13-12-5-3-2-4-6-12/h2-10,13H,1H3. The zero-order valence-corrected chi connectivity index (χ0v) is 8.92. The number of nitrogens with one attached hydrogen (secondary N) is 1. The molecule has 1 atom stereocenters. The molecule has 1 nitrogen and oxygen atoms in total. The number of thiophene rings is 1. The number of hydrogen-bond acceptors (Lipinski definition) is 2. The molecular weight excluding hydrogens is 190 g/mol. The molecule has 0 aliphatic rings. The molecule has 0 radical (unpaired) electrons. The van der Waals surface area contributed by atoms with Gasteiger partial charge < -0.3 is 5.32 Å². The summed E-state index contributed by atoms with van der Waals surface area (Å²) in [5.41, 5.74) is 2.52. The molecule has 72 valence electrons. The van der Waals surface area contributed by atoms with Crippen molar-refractivity contribution in [1.29, 1.82) is 0 Å². The monoisotopic (exact) mass is 203 g/mol. The number of hydrogen-bond donors (Lipinski definition) is 1. The van der Waals surface area contributed by atoms with Crippen LogP contribution < -0.4 is 5.32 Å². The van der Waals surface area contributed by atoms with Gasteiger partial charge in [-0.05, 0) is 41.4 Å². The lowest BCUT2D eigenvalue weighted by Gasteiger charge is -2.13. The molecule has 0 amide bonds. The maximum atomic E-state index is 3.45. The van der Waals surface area contributed by atoms with E-state index in [1.807, 2.05) is 18.2 Å². The number of benzene rings is 1. The minimum atomic E-state index is 0.378. The Morgan fingerprint density at radius 1 is 1.14 bits per heavy atom. The summed E-state index contributed by atoms with van der Waals surface area (Å²) in [5, 5.41) is 7.74. The molecule has 1 N–H and O–H groups in total. The molecule has 0 bridgehead atoms. The summed E-state index contributed by atoms with van der Waals surface area (Å²) in [6.07, 6.45) is 0. The minimum Gasteiger partial charge on any atom is -0.378 e. The zero-order chi connectivity index (χ0) is 9.80. The lowest BCUT2D eigenvalue weighted by Crippen LogP contribution is -2.04. The van der Waals surface area contributed by atoms with Gasteiger partial charge in [0.1, 0.15) is 0 Å². The summed E-state index contributed by atoms with van der Waals surface area (Å²) in [7, 11) is 0. The maximum absolute atomic E-state index is 3.45. The van der Waals surface area contributed by atoms with Crippen LogP contribution in [0.2, 0.25) is 0 Å². The largest absolute Gasteiger partial charge is 0.378 e. The van der Waals surface area contributed by atoms with E-state index >= 15 is 0 Å². The summed E-state index contributed by atoms with van der Waals surface area (Å²) in [4.78, 5) is 0. The Balaban J connectivity index is 2.06. The van der Waals surface area contributed by atoms with Gasteiger partial charge in [0.2, 0.25) is 0 Å². The van der Waals surface area contributed by atoms with Crippen LogP contribution in [-0.2, 0) is 0 Å². The van der Waals surface area contributed by atoms with Crippen LogP contribution in [0.5, 0.6) is 0 Å². The van der Waals surface area contributed by atoms with E-state index in [1.54, 1.807) is 11.3 Å². The van der Waals surface area contributed by atoms with Crippen LogP contribution in [0.1, 0.15) is 18.5 Å². The third-order valence-corrected chi connectivity index (χ3v) is 2.90. The molecule has 1 heterocycles. The van der Waals surface area contributed by atoms with Crippen molar-refractivity contribution >= 4 is 17.0 Å². The third kappa shape index (κ3) is 2.15. The molecule has 0 saturated carbocycles. The number of anilines is 1. The van der Waals surface area contributed by atoms with Crippen molar-refractivity contribution in [2.24, 2.45) is 0 Å². The van der Waals surface area contributed by atoms with E-state index < -0.39 is 0 Å². The predicted molar refractivity (Wildman–Crippen MR) is 62.8 cm³/mol. The molecule has 0 aliphatic carbocycles. The molecule has 0 aliphatic heterocycles. The van der Waals surface area contributed by atoms with Crippen molar-refractivity contribution in [3.05, 3.63) is 52.7 Å². The SMILES string of the molecule is CC(Nc1ccccc1)c1ccsc1. The van der Waals surface area contributed by atoms with Crippen LogP contribution in [0.15, 0.2) is 47.2 Å². The van der Waals surface area contributed by atoms with E-state index in [4.69, 9.17) is 0 Å². The van der Waals surface area contributed by atoms with Gasteiger partial charge in [-0.3, -0.25) is 0 Å². The average Bonchev–Trinajstić information content (AvgIpc) is 2.72. The van der Waals surface area contributed by atoms with Gasteiger partial charge >= 0.3 is 0 Å². The van der Waals surface area contributed by atoms with Gasteiger partial charge in [0.15, 0.2) is 0 Å². The van der Waals surface area contributed by atoms with Crippen LogP contribution >= 0.6 is 11.3 Å². The zero-order valence-electron chi connectivity index (χ0n) is 8.10. The summed E-state index contributed by atoms with van der Waals surface area (Å²) < 4.78 is 0. The summed E-state index contributed by atoms with van der Waals surface area (Å²) >= 11 is 1.74. The first-order valence-electron chi connectivity index (χ1n) is 4.70. The molecular formula is C12H13NS. The Morgan fingerprint density at radius 2 is 1.93 bits per heavy atom. The van der Waals surface area contributed by atoms with Crippen LogP contribution in [0.4, 0.5) is 5.69 Å². The Morgan fingerprint density at radius 3 is 2.57 bits per heavy atom. The van der Waals surface area contributed by atoms with Crippen LogP contribution in [0.3, 0.4) is 0 Å². The molecule has 0 spiro atoms. The summed E-state index contributed by atoms with van der Waals surface area (Å²) in [5.74, 6) is 0. The lowest BCUT2D eigenvalue weighted by atomic mass is 10.2. The quantitative estimate of drug-likeness (QED) is 0.797. The second-order valence-electron chi connectivity index (χ2n) is 3.29. The molecule has 2 rings (SSSR count). The second-order valence-corrected chi connectivity index (χ2v) is 4.07. The van der Waals surface area contributed by atoms with E-state index in [9.17, 15) is 0 Å².